The zero-order valence-electron chi connectivity index (χ0n) is 26.0. The van der Waals surface area contributed by atoms with Crippen molar-refractivity contribution in [1.29, 1.82) is 0 Å². The summed E-state index contributed by atoms with van der Waals surface area (Å²) in [6.07, 6.45) is 6.08. The Kier molecular flexibility index (Phi) is 12.6. The Morgan fingerprint density at radius 3 is 2.02 bits per heavy atom. The van der Waals surface area contributed by atoms with Gasteiger partial charge in [0.1, 0.15) is 11.6 Å². The van der Waals surface area contributed by atoms with Crippen molar-refractivity contribution in [2.24, 2.45) is 5.73 Å². The van der Waals surface area contributed by atoms with Crippen molar-refractivity contribution >= 4 is 11.8 Å². The highest BCUT2D eigenvalue weighted by Gasteiger charge is 2.26. The highest BCUT2D eigenvalue weighted by molar-refractivity contribution is 6.00. The van der Waals surface area contributed by atoms with Gasteiger partial charge >= 0.3 is 0 Å². The van der Waals surface area contributed by atoms with Gasteiger partial charge in [-0.05, 0) is 72.2 Å². The van der Waals surface area contributed by atoms with E-state index in [4.69, 9.17) is 12.2 Å². The third kappa shape index (κ3) is 9.47. The Morgan fingerprint density at radius 1 is 0.886 bits per heavy atom. The van der Waals surface area contributed by atoms with Crippen LogP contribution in [-0.2, 0) is 13.0 Å². The minimum Gasteiger partial charge on any atom is -0.390 e. The molecule has 0 fully saturated rings. The van der Waals surface area contributed by atoms with Crippen molar-refractivity contribution in [1.82, 2.24) is 9.80 Å². The zero-order valence-corrected chi connectivity index (χ0v) is 26.0. The molecule has 2 atom stereocenters. The van der Waals surface area contributed by atoms with Gasteiger partial charge in [0, 0.05) is 55.0 Å². The highest BCUT2D eigenvalue weighted by Crippen LogP contribution is 2.21. The van der Waals surface area contributed by atoms with Crippen LogP contribution in [0.15, 0.2) is 60.7 Å². The molecule has 44 heavy (non-hydrogen) atoms. The van der Waals surface area contributed by atoms with Gasteiger partial charge < -0.3 is 20.6 Å². The molecular weight excluding hydrogens is 560 g/mol. The van der Waals surface area contributed by atoms with E-state index in [1.54, 1.807) is 23.1 Å². The first-order valence-electron chi connectivity index (χ1n) is 15.1. The Balaban J connectivity index is 1.97. The van der Waals surface area contributed by atoms with Crippen LogP contribution in [0.25, 0.3) is 0 Å². The van der Waals surface area contributed by atoms with Crippen LogP contribution in [0.2, 0.25) is 0 Å². The molecule has 0 radical (unpaired) electrons. The van der Waals surface area contributed by atoms with Gasteiger partial charge in [-0.25, -0.2) is 8.78 Å². The lowest BCUT2D eigenvalue weighted by molar-refractivity contribution is 0.0554. The molecule has 0 bridgehead atoms. The third-order valence-electron chi connectivity index (χ3n) is 7.44. The molecular formula is C36H43F2N3O3. The molecule has 0 aliphatic rings. The number of aliphatic hydroxyl groups is 1. The lowest BCUT2D eigenvalue weighted by Crippen LogP contribution is -2.46. The van der Waals surface area contributed by atoms with E-state index >= 15 is 0 Å². The quantitative estimate of drug-likeness (QED) is 0.225. The topological polar surface area (TPSA) is 86.9 Å². The standard InChI is InChI=1S/C36H43F2N3O3/c1-6-12-40(13-7-2)35(43)29-14-25(8-3)15-30(20-29)36(44)41(22-26-10-9-11-28(16-26)24(4)5)23-34(42)33(39)19-27-17-31(37)21-32(38)18-27/h3,9-11,14-18,20-21,24,33-34,42H,6-7,12-13,19,22-23,39H2,1-2,4-5H3/t33-,34+/m0/s1. The molecule has 3 aromatic carbocycles. The van der Waals surface area contributed by atoms with E-state index in [1.807, 2.05) is 38.1 Å². The van der Waals surface area contributed by atoms with Crippen molar-refractivity contribution < 1.29 is 23.5 Å². The van der Waals surface area contributed by atoms with Crippen LogP contribution in [0, 0.1) is 24.0 Å². The number of rotatable bonds is 14. The summed E-state index contributed by atoms with van der Waals surface area (Å²) < 4.78 is 27.5. The van der Waals surface area contributed by atoms with Crippen LogP contribution in [0.4, 0.5) is 8.78 Å². The first-order chi connectivity index (χ1) is 20.9. The molecule has 0 unspecified atom stereocenters. The molecule has 3 rings (SSSR count). The first-order valence-corrected chi connectivity index (χ1v) is 15.1. The number of hydrogen-bond donors (Lipinski definition) is 2. The molecule has 0 spiro atoms. The largest absolute Gasteiger partial charge is 0.390 e. The molecule has 6 nitrogen and oxygen atoms in total. The summed E-state index contributed by atoms with van der Waals surface area (Å²) in [4.78, 5) is 30.8. The van der Waals surface area contributed by atoms with Gasteiger partial charge in [-0.15, -0.1) is 6.42 Å². The summed E-state index contributed by atoms with van der Waals surface area (Å²) in [5, 5.41) is 11.1. The van der Waals surface area contributed by atoms with E-state index in [9.17, 15) is 23.5 Å². The van der Waals surface area contributed by atoms with E-state index in [0.29, 0.717) is 29.8 Å². The van der Waals surface area contributed by atoms with Crippen molar-refractivity contribution in [3.8, 4) is 12.3 Å². The van der Waals surface area contributed by atoms with E-state index in [2.05, 4.69) is 19.8 Å². The second kappa shape index (κ2) is 16.1. The lowest BCUT2D eigenvalue weighted by atomic mass is 9.99. The summed E-state index contributed by atoms with van der Waals surface area (Å²) in [7, 11) is 0. The van der Waals surface area contributed by atoms with E-state index in [1.165, 1.54) is 17.0 Å². The minimum atomic E-state index is -1.22. The average molecular weight is 604 g/mol. The third-order valence-corrected chi connectivity index (χ3v) is 7.44. The van der Waals surface area contributed by atoms with Crippen LogP contribution in [0.1, 0.15) is 89.4 Å². The highest BCUT2D eigenvalue weighted by atomic mass is 19.1. The molecule has 3 aromatic rings. The fourth-order valence-corrected chi connectivity index (χ4v) is 5.17. The van der Waals surface area contributed by atoms with E-state index in [-0.39, 0.29) is 36.9 Å². The number of carbonyl (C=O) groups is 2. The first kappa shape index (κ1) is 34.4. The SMILES string of the molecule is C#Cc1cc(C(=O)N(CCC)CCC)cc(C(=O)N(Cc2cccc(C(C)C)c2)C[C@@H](O)[C@@H](N)Cc2cc(F)cc(F)c2)c1. The number of nitrogens with two attached hydrogens (primary N) is 1. The molecule has 0 saturated carbocycles. The van der Waals surface area contributed by atoms with Crippen LogP contribution in [0.3, 0.4) is 0 Å². The molecule has 0 aliphatic carbocycles. The zero-order chi connectivity index (χ0) is 32.4. The summed E-state index contributed by atoms with van der Waals surface area (Å²) in [5.74, 6) is 0.695. The van der Waals surface area contributed by atoms with Crippen LogP contribution >= 0.6 is 0 Å². The Morgan fingerprint density at radius 2 is 1.48 bits per heavy atom. The van der Waals surface area contributed by atoms with Crippen LogP contribution in [0.5, 0.6) is 0 Å². The Labute approximate surface area is 259 Å². The van der Waals surface area contributed by atoms with Crippen LogP contribution < -0.4 is 5.73 Å². The van der Waals surface area contributed by atoms with Gasteiger partial charge in [0.25, 0.3) is 11.8 Å². The molecule has 3 N–H and O–H groups in total. The van der Waals surface area contributed by atoms with Crippen molar-refractivity contribution in [2.45, 2.75) is 71.6 Å². The molecule has 2 amide bonds. The van der Waals surface area contributed by atoms with Crippen LogP contribution in [-0.4, -0.2) is 58.5 Å². The Hall–Kier alpha value is -4.06. The number of halogens is 2. The molecule has 0 aliphatic heterocycles. The number of hydrogen-bond acceptors (Lipinski definition) is 4. The number of terminal acetylenes is 1. The number of aliphatic hydroxyl groups excluding tert-OH is 1. The maximum Gasteiger partial charge on any atom is 0.254 e. The summed E-state index contributed by atoms with van der Waals surface area (Å²) in [6.45, 7) is 9.28. The minimum absolute atomic E-state index is 0.00334. The monoisotopic (exact) mass is 603 g/mol. The van der Waals surface area contributed by atoms with E-state index < -0.39 is 29.7 Å². The van der Waals surface area contributed by atoms with Gasteiger partial charge in [0.15, 0.2) is 0 Å². The second-order valence-electron chi connectivity index (χ2n) is 11.5. The summed E-state index contributed by atoms with van der Waals surface area (Å²) in [6, 6.07) is 14.7. The maximum absolute atomic E-state index is 14.1. The van der Waals surface area contributed by atoms with Crippen molar-refractivity contribution in [3.05, 3.63) is 106 Å². The predicted octanol–water partition coefficient (Wildman–Crippen LogP) is 5.91. The Bertz CT molecular complexity index is 1460. The number of carbonyl (C=O) groups excluding carboxylic acids is 2. The number of amides is 2. The molecule has 0 heterocycles. The predicted molar refractivity (Wildman–Crippen MR) is 170 cm³/mol. The smallest absolute Gasteiger partial charge is 0.254 e. The van der Waals surface area contributed by atoms with Gasteiger partial charge in [0.05, 0.1) is 6.10 Å². The fraction of sp³-hybridized carbons (Fsp3) is 0.389. The molecule has 0 saturated heterocycles. The maximum atomic E-state index is 14.1. The second-order valence-corrected chi connectivity index (χ2v) is 11.5. The van der Waals surface area contributed by atoms with Gasteiger partial charge in [0.2, 0.25) is 0 Å². The van der Waals surface area contributed by atoms with Crippen molar-refractivity contribution in [2.75, 3.05) is 19.6 Å². The number of nitrogens with zero attached hydrogens (tertiary/aromatic N) is 2. The van der Waals surface area contributed by atoms with Crippen molar-refractivity contribution in [3.63, 3.8) is 0 Å². The van der Waals surface area contributed by atoms with Gasteiger partial charge in [-0.1, -0.05) is 57.9 Å². The molecule has 0 aromatic heterocycles. The summed E-state index contributed by atoms with van der Waals surface area (Å²) >= 11 is 0. The molecule has 8 heteroatoms. The van der Waals surface area contributed by atoms with E-state index in [0.717, 1.165) is 30.0 Å². The van der Waals surface area contributed by atoms with Gasteiger partial charge in [-0.2, -0.15) is 0 Å². The molecule has 234 valence electrons. The fourth-order valence-electron chi connectivity index (χ4n) is 5.17. The lowest BCUT2D eigenvalue weighted by Gasteiger charge is -2.29. The van der Waals surface area contributed by atoms with Gasteiger partial charge in [-0.3, -0.25) is 9.59 Å². The normalized spacial score (nSPS) is 12.5. The number of benzene rings is 3. The average Bonchev–Trinajstić information content (AvgIpc) is 2.99. The summed E-state index contributed by atoms with van der Waals surface area (Å²) in [5.41, 5.74) is 9.44.